The summed E-state index contributed by atoms with van der Waals surface area (Å²) in [6, 6.07) is 10.9. The molecule has 1 aromatic carbocycles. The molecule has 0 bridgehead atoms. The van der Waals surface area contributed by atoms with E-state index in [0.29, 0.717) is 34.3 Å². The number of nitrogens with zero attached hydrogens (tertiary/aromatic N) is 5. The molecule has 0 radical (unpaired) electrons. The molecule has 4 aromatic rings. The van der Waals surface area contributed by atoms with Gasteiger partial charge in [0.15, 0.2) is 0 Å². The number of benzene rings is 1. The van der Waals surface area contributed by atoms with Crippen molar-refractivity contribution in [3.63, 3.8) is 0 Å². The van der Waals surface area contributed by atoms with Crippen LogP contribution in [0.4, 0.5) is 11.6 Å². The summed E-state index contributed by atoms with van der Waals surface area (Å²) in [5, 5.41) is 2.82. The van der Waals surface area contributed by atoms with Crippen molar-refractivity contribution in [2.45, 2.75) is 38.8 Å². The number of nitrogens with two attached hydrogens (primary N) is 1. The molecule has 0 spiro atoms. The Bertz CT molecular complexity index is 1610. The van der Waals surface area contributed by atoms with E-state index in [9.17, 15) is 9.59 Å². The van der Waals surface area contributed by atoms with Gasteiger partial charge in [-0.15, -0.1) is 0 Å². The first-order chi connectivity index (χ1) is 17.9. The molecule has 6 rings (SSSR count). The van der Waals surface area contributed by atoms with Gasteiger partial charge in [0.05, 0.1) is 6.04 Å². The molecule has 1 aliphatic carbocycles. The number of hydrogen-bond acceptors (Lipinski definition) is 6. The number of nitrogen functional groups attached to an aromatic ring is 1. The minimum absolute atomic E-state index is 0.170. The van der Waals surface area contributed by atoms with Crippen LogP contribution in [0.2, 0.25) is 0 Å². The third-order valence-corrected chi connectivity index (χ3v) is 7.06. The van der Waals surface area contributed by atoms with Gasteiger partial charge in [0.2, 0.25) is 0 Å². The van der Waals surface area contributed by atoms with Crippen LogP contribution in [0.1, 0.15) is 47.6 Å². The van der Waals surface area contributed by atoms with E-state index in [-0.39, 0.29) is 23.9 Å². The topological polar surface area (TPSA) is 119 Å². The molecule has 3 N–H and O–H groups in total. The van der Waals surface area contributed by atoms with Crippen LogP contribution in [0.5, 0.6) is 0 Å². The summed E-state index contributed by atoms with van der Waals surface area (Å²) in [5.74, 6) is 7.07. The monoisotopic (exact) mass is 491 g/mol. The van der Waals surface area contributed by atoms with Crippen LogP contribution in [0.25, 0.3) is 16.8 Å². The summed E-state index contributed by atoms with van der Waals surface area (Å²) in [5.41, 5.74) is 9.94. The summed E-state index contributed by atoms with van der Waals surface area (Å²) in [7, 11) is 0. The van der Waals surface area contributed by atoms with Crippen LogP contribution < -0.4 is 11.1 Å². The lowest BCUT2D eigenvalue weighted by atomic mass is 10.1. The quantitative estimate of drug-likeness (QED) is 0.421. The zero-order valence-corrected chi connectivity index (χ0v) is 20.5. The van der Waals surface area contributed by atoms with Crippen LogP contribution in [-0.2, 0) is 4.79 Å². The van der Waals surface area contributed by atoms with E-state index in [1.807, 2.05) is 46.7 Å². The van der Waals surface area contributed by atoms with Crippen molar-refractivity contribution in [2.24, 2.45) is 5.92 Å². The molecular formula is C28H25N7O2. The lowest BCUT2D eigenvalue weighted by Gasteiger charge is -2.24. The first kappa shape index (κ1) is 22.7. The predicted molar refractivity (Wildman–Crippen MR) is 139 cm³/mol. The largest absolute Gasteiger partial charge is 0.382 e. The van der Waals surface area contributed by atoms with Gasteiger partial charge in [0.25, 0.3) is 11.8 Å². The standard InChI is InChI=1S/C28H25N7O2/c1-3-4-23(36)35-20-14-19(20)15-21(35)27-33-24(25-26(29)31-11-12-34(25)27)17-5-7-18(8-6-17)28(37)32-22-13-16(2)9-10-30-22/h5-13,19-21H,14-15H2,1-2H3,(H2,29,31)(H,30,32,37). The summed E-state index contributed by atoms with van der Waals surface area (Å²) >= 11 is 0. The molecule has 3 unspecified atom stereocenters. The van der Waals surface area contributed by atoms with E-state index >= 15 is 0 Å². The van der Waals surface area contributed by atoms with Crippen molar-refractivity contribution in [3.8, 4) is 23.1 Å². The summed E-state index contributed by atoms with van der Waals surface area (Å²) in [6.45, 7) is 3.61. The number of aryl methyl sites for hydroxylation is 1. The highest BCUT2D eigenvalue weighted by Gasteiger charge is 2.55. The van der Waals surface area contributed by atoms with Crippen LogP contribution in [0, 0.1) is 24.7 Å². The van der Waals surface area contributed by atoms with E-state index in [1.54, 1.807) is 31.5 Å². The molecule has 2 amide bonds. The number of likely N-dealkylation sites (tertiary alicyclic amines) is 1. The van der Waals surface area contributed by atoms with Crippen LogP contribution in [0.15, 0.2) is 55.0 Å². The van der Waals surface area contributed by atoms with Crippen molar-refractivity contribution in [1.29, 1.82) is 0 Å². The SMILES string of the molecule is CC#CC(=O)N1C(c2nc(-c3ccc(C(=O)Nc4cc(C)ccn4)cc3)c3c(N)nccn23)CC2CC21. The maximum Gasteiger partial charge on any atom is 0.299 e. The number of aromatic nitrogens is 4. The predicted octanol–water partition coefficient (Wildman–Crippen LogP) is 3.62. The van der Waals surface area contributed by atoms with Gasteiger partial charge in [-0.3, -0.25) is 14.0 Å². The normalized spacial score (nSPS) is 19.7. The number of carbonyl (C=O) groups excluding carboxylic acids is 2. The molecule has 3 atom stereocenters. The Balaban J connectivity index is 1.35. The third-order valence-electron chi connectivity index (χ3n) is 7.06. The van der Waals surface area contributed by atoms with Gasteiger partial charge in [0.1, 0.15) is 28.7 Å². The summed E-state index contributed by atoms with van der Waals surface area (Å²) in [6.07, 6.45) is 6.97. The summed E-state index contributed by atoms with van der Waals surface area (Å²) in [4.78, 5) is 40.9. The maximum atomic E-state index is 12.8. The maximum absolute atomic E-state index is 12.8. The van der Waals surface area contributed by atoms with Crippen molar-refractivity contribution in [2.75, 3.05) is 11.1 Å². The average Bonchev–Trinajstić information content (AvgIpc) is 3.37. The number of pyridine rings is 1. The lowest BCUT2D eigenvalue weighted by molar-refractivity contribution is -0.127. The number of fused-ring (bicyclic) bond motifs is 2. The van der Waals surface area contributed by atoms with Gasteiger partial charge in [-0.25, -0.2) is 15.0 Å². The van der Waals surface area contributed by atoms with E-state index in [0.717, 1.165) is 29.8 Å². The van der Waals surface area contributed by atoms with Crippen molar-refractivity contribution in [1.82, 2.24) is 24.3 Å². The Morgan fingerprint density at radius 1 is 1.11 bits per heavy atom. The molecule has 184 valence electrons. The van der Waals surface area contributed by atoms with E-state index < -0.39 is 0 Å². The number of nitrogens with one attached hydrogen (secondary N) is 1. The Morgan fingerprint density at radius 3 is 2.68 bits per heavy atom. The molecule has 9 nitrogen and oxygen atoms in total. The van der Waals surface area contributed by atoms with Crippen molar-refractivity contribution in [3.05, 3.63) is 71.9 Å². The lowest BCUT2D eigenvalue weighted by Crippen LogP contribution is -2.33. The van der Waals surface area contributed by atoms with Crippen LogP contribution in [0.3, 0.4) is 0 Å². The molecule has 1 aliphatic heterocycles. The van der Waals surface area contributed by atoms with Gasteiger partial charge in [-0.05, 0) is 68.4 Å². The first-order valence-electron chi connectivity index (χ1n) is 12.2. The van der Waals surface area contributed by atoms with Gasteiger partial charge in [-0.2, -0.15) is 0 Å². The van der Waals surface area contributed by atoms with Gasteiger partial charge in [-0.1, -0.05) is 18.1 Å². The van der Waals surface area contributed by atoms with Gasteiger partial charge in [0, 0.05) is 35.8 Å². The average molecular weight is 492 g/mol. The fourth-order valence-corrected chi connectivity index (χ4v) is 5.25. The smallest absolute Gasteiger partial charge is 0.299 e. The van der Waals surface area contributed by atoms with E-state index in [4.69, 9.17) is 10.7 Å². The molecule has 4 heterocycles. The molecule has 1 saturated heterocycles. The highest BCUT2D eigenvalue weighted by atomic mass is 16.2. The number of amides is 2. The number of carbonyl (C=O) groups is 2. The zero-order chi connectivity index (χ0) is 25.7. The Labute approximate surface area is 213 Å². The van der Waals surface area contributed by atoms with Gasteiger partial charge < -0.3 is 16.0 Å². The Hall–Kier alpha value is -4.71. The highest BCUT2D eigenvalue weighted by Crippen LogP contribution is 2.53. The molecule has 2 fully saturated rings. The highest BCUT2D eigenvalue weighted by molar-refractivity contribution is 6.04. The number of anilines is 2. The molecule has 9 heteroatoms. The minimum Gasteiger partial charge on any atom is -0.382 e. The number of hydrogen-bond donors (Lipinski definition) is 2. The second-order valence-corrected chi connectivity index (χ2v) is 9.50. The minimum atomic E-state index is -0.252. The fourth-order valence-electron chi connectivity index (χ4n) is 5.25. The number of rotatable bonds is 4. The van der Waals surface area contributed by atoms with Crippen molar-refractivity contribution >= 4 is 29.0 Å². The summed E-state index contributed by atoms with van der Waals surface area (Å²) < 4.78 is 1.93. The third kappa shape index (κ3) is 3.96. The van der Waals surface area contributed by atoms with Gasteiger partial charge >= 0.3 is 0 Å². The van der Waals surface area contributed by atoms with E-state index in [2.05, 4.69) is 27.1 Å². The second-order valence-electron chi connectivity index (χ2n) is 9.50. The first-order valence-corrected chi connectivity index (χ1v) is 12.2. The van der Waals surface area contributed by atoms with Crippen LogP contribution >= 0.6 is 0 Å². The Morgan fingerprint density at radius 2 is 1.92 bits per heavy atom. The Kier molecular flexibility index (Phi) is 5.37. The van der Waals surface area contributed by atoms with Crippen molar-refractivity contribution < 1.29 is 9.59 Å². The fraction of sp³-hybridized carbons (Fsp3) is 0.250. The molecule has 2 aliphatic rings. The molecule has 1 saturated carbocycles. The van der Waals surface area contributed by atoms with E-state index in [1.165, 1.54) is 0 Å². The molecule has 3 aromatic heterocycles. The van der Waals surface area contributed by atoms with Crippen LogP contribution in [-0.4, -0.2) is 42.1 Å². The number of imidazole rings is 1. The molecule has 37 heavy (non-hydrogen) atoms. The molecular weight excluding hydrogens is 466 g/mol. The number of piperidine rings is 1. The zero-order valence-electron chi connectivity index (χ0n) is 20.5. The second kappa shape index (κ2) is 8.75.